The van der Waals surface area contributed by atoms with Crippen LogP contribution in [0.4, 0.5) is 0 Å². The molecule has 0 aliphatic heterocycles. The molecule has 2 rings (SSSR count). The highest BCUT2D eigenvalue weighted by molar-refractivity contribution is 5.46. The first-order valence-corrected chi connectivity index (χ1v) is 7.30. The van der Waals surface area contributed by atoms with Crippen molar-refractivity contribution in [3.05, 3.63) is 47.9 Å². The van der Waals surface area contributed by atoms with Crippen molar-refractivity contribution in [3.63, 3.8) is 0 Å². The van der Waals surface area contributed by atoms with Crippen LogP contribution in [0, 0.1) is 0 Å². The van der Waals surface area contributed by atoms with Crippen LogP contribution in [0.15, 0.2) is 41.0 Å². The number of furan rings is 1. The summed E-state index contributed by atoms with van der Waals surface area (Å²) >= 11 is 0. The number of aliphatic hydroxyl groups is 1. The molecule has 0 spiro atoms. The number of hydrogen-bond donors (Lipinski definition) is 2. The summed E-state index contributed by atoms with van der Waals surface area (Å²) in [5.41, 5.74) is 1.01. The number of methoxy groups -OCH3 is 2. The summed E-state index contributed by atoms with van der Waals surface area (Å²) < 4.78 is 15.9. The van der Waals surface area contributed by atoms with Gasteiger partial charge in [0.2, 0.25) is 0 Å². The van der Waals surface area contributed by atoms with Crippen LogP contribution in [0.5, 0.6) is 11.5 Å². The van der Waals surface area contributed by atoms with Crippen LogP contribution in [0.25, 0.3) is 0 Å². The van der Waals surface area contributed by atoms with Gasteiger partial charge in [-0.1, -0.05) is 12.1 Å². The van der Waals surface area contributed by atoms with Gasteiger partial charge in [0, 0.05) is 18.2 Å². The van der Waals surface area contributed by atoms with Crippen molar-refractivity contribution in [2.45, 2.75) is 32.0 Å². The Morgan fingerprint density at radius 2 is 2.00 bits per heavy atom. The van der Waals surface area contributed by atoms with Crippen LogP contribution < -0.4 is 14.8 Å². The fourth-order valence-electron chi connectivity index (χ4n) is 2.39. The monoisotopic (exact) mass is 305 g/mol. The molecule has 2 atom stereocenters. The summed E-state index contributed by atoms with van der Waals surface area (Å²) in [6, 6.07) is 9.47. The Labute approximate surface area is 130 Å². The molecule has 0 radical (unpaired) electrons. The Kier molecular flexibility index (Phi) is 5.86. The average Bonchev–Trinajstić information content (AvgIpc) is 3.06. The first kappa shape index (κ1) is 16.4. The number of para-hydroxylation sites is 1. The fourth-order valence-corrected chi connectivity index (χ4v) is 2.39. The smallest absolute Gasteiger partial charge is 0.165 e. The highest BCUT2D eigenvalue weighted by Crippen LogP contribution is 2.30. The van der Waals surface area contributed by atoms with E-state index in [9.17, 15) is 5.11 Å². The molecule has 0 fully saturated rings. The molecule has 1 heterocycles. The molecular weight excluding hydrogens is 282 g/mol. The molecule has 0 bridgehead atoms. The van der Waals surface area contributed by atoms with Gasteiger partial charge in [0.1, 0.15) is 11.9 Å². The summed E-state index contributed by atoms with van der Waals surface area (Å²) in [7, 11) is 3.25. The number of benzene rings is 1. The van der Waals surface area contributed by atoms with Gasteiger partial charge in [0.15, 0.2) is 11.5 Å². The number of rotatable bonds is 8. The van der Waals surface area contributed by atoms with Crippen molar-refractivity contribution in [2.75, 3.05) is 14.2 Å². The molecule has 0 amide bonds. The Bertz CT molecular complexity index is 568. The van der Waals surface area contributed by atoms with Crippen LogP contribution >= 0.6 is 0 Å². The SMILES string of the molecule is COc1cccc(CNC(C)CC(O)c2ccco2)c1OC. The van der Waals surface area contributed by atoms with Crippen molar-refractivity contribution in [1.29, 1.82) is 0 Å². The van der Waals surface area contributed by atoms with E-state index in [1.807, 2.05) is 25.1 Å². The average molecular weight is 305 g/mol. The molecule has 1 aromatic carbocycles. The van der Waals surface area contributed by atoms with Crippen LogP contribution in [0.1, 0.15) is 30.8 Å². The molecular formula is C17H23NO4. The predicted molar refractivity (Wildman–Crippen MR) is 84.1 cm³/mol. The zero-order valence-electron chi connectivity index (χ0n) is 13.2. The highest BCUT2D eigenvalue weighted by atomic mass is 16.5. The van der Waals surface area contributed by atoms with Crippen LogP contribution in [-0.4, -0.2) is 25.4 Å². The normalized spacial score (nSPS) is 13.6. The number of nitrogens with one attached hydrogen (secondary N) is 1. The minimum Gasteiger partial charge on any atom is -0.493 e. The van der Waals surface area contributed by atoms with Gasteiger partial charge in [0.05, 0.1) is 20.5 Å². The third kappa shape index (κ3) is 4.02. The third-order valence-electron chi connectivity index (χ3n) is 3.57. The molecule has 0 aliphatic rings. The maximum atomic E-state index is 10.1. The second-order valence-corrected chi connectivity index (χ2v) is 5.20. The van der Waals surface area contributed by atoms with E-state index in [0.29, 0.717) is 24.5 Å². The predicted octanol–water partition coefficient (Wildman–Crippen LogP) is 2.90. The van der Waals surface area contributed by atoms with E-state index >= 15 is 0 Å². The molecule has 2 N–H and O–H groups in total. The molecule has 0 saturated heterocycles. The molecule has 5 nitrogen and oxygen atoms in total. The van der Waals surface area contributed by atoms with E-state index in [1.165, 1.54) is 0 Å². The number of hydrogen-bond acceptors (Lipinski definition) is 5. The lowest BCUT2D eigenvalue weighted by Crippen LogP contribution is -2.27. The second kappa shape index (κ2) is 7.87. The largest absolute Gasteiger partial charge is 0.493 e. The second-order valence-electron chi connectivity index (χ2n) is 5.20. The van der Waals surface area contributed by atoms with Crippen molar-refractivity contribution in [1.82, 2.24) is 5.32 Å². The van der Waals surface area contributed by atoms with Gasteiger partial charge in [-0.15, -0.1) is 0 Å². The molecule has 120 valence electrons. The standard InChI is InChI=1S/C17H23NO4/c1-12(10-14(19)15-8-5-9-22-15)18-11-13-6-4-7-16(20-2)17(13)21-3/h4-9,12,14,18-19H,10-11H2,1-3H3. The third-order valence-corrected chi connectivity index (χ3v) is 3.57. The minimum absolute atomic E-state index is 0.121. The molecule has 2 unspecified atom stereocenters. The lowest BCUT2D eigenvalue weighted by molar-refractivity contribution is 0.128. The molecule has 1 aromatic heterocycles. The van der Waals surface area contributed by atoms with Crippen molar-refractivity contribution >= 4 is 0 Å². The van der Waals surface area contributed by atoms with Crippen molar-refractivity contribution in [3.8, 4) is 11.5 Å². The molecule has 0 saturated carbocycles. The van der Waals surface area contributed by atoms with Gasteiger partial charge < -0.3 is 24.3 Å². The molecule has 0 aliphatic carbocycles. The zero-order chi connectivity index (χ0) is 15.9. The minimum atomic E-state index is -0.607. The topological polar surface area (TPSA) is 63.9 Å². The first-order valence-electron chi connectivity index (χ1n) is 7.30. The van der Waals surface area contributed by atoms with Gasteiger partial charge in [-0.25, -0.2) is 0 Å². The van der Waals surface area contributed by atoms with E-state index in [-0.39, 0.29) is 6.04 Å². The van der Waals surface area contributed by atoms with Crippen LogP contribution in [-0.2, 0) is 6.54 Å². The lowest BCUT2D eigenvalue weighted by Gasteiger charge is -2.18. The van der Waals surface area contributed by atoms with E-state index in [0.717, 1.165) is 11.3 Å². The maximum absolute atomic E-state index is 10.1. The van der Waals surface area contributed by atoms with Crippen molar-refractivity contribution < 1.29 is 19.0 Å². The van der Waals surface area contributed by atoms with Crippen molar-refractivity contribution in [2.24, 2.45) is 0 Å². The number of ether oxygens (including phenoxy) is 2. The summed E-state index contributed by atoms with van der Waals surface area (Å²) in [5.74, 6) is 2.04. The zero-order valence-corrected chi connectivity index (χ0v) is 13.2. The molecule has 5 heteroatoms. The fraction of sp³-hybridized carbons (Fsp3) is 0.412. The van der Waals surface area contributed by atoms with Gasteiger partial charge in [-0.05, 0) is 31.5 Å². The van der Waals surface area contributed by atoms with Gasteiger partial charge in [-0.3, -0.25) is 0 Å². The molecule has 2 aromatic rings. The van der Waals surface area contributed by atoms with Gasteiger partial charge in [-0.2, -0.15) is 0 Å². The van der Waals surface area contributed by atoms with Crippen LogP contribution in [0.2, 0.25) is 0 Å². The van der Waals surface area contributed by atoms with E-state index < -0.39 is 6.10 Å². The summed E-state index contributed by atoms with van der Waals surface area (Å²) in [6.45, 7) is 2.66. The Morgan fingerprint density at radius 1 is 1.18 bits per heavy atom. The van der Waals surface area contributed by atoms with E-state index in [1.54, 1.807) is 32.6 Å². The quantitative estimate of drug-likeness (QED) is 0.785. The summed E-state index contributed by atoms with van der Waals surface area (Å²) in [6.07, 6.45) is 1.53. The van der Waals surface area contributed by atoms with Gasteiger partial charge in [0.25, 0.3) is 0 Å². The lowest BCUT2D eigenvalue weighted by atomic mass is 10.1. The van der Waals surface area contributed by atoms with E-state index in [4.69, 9.17) is 13.9 Å². The maximum Gasteiger partial charge on any atom is 0.165 e. The Morgan fingerprint density at radius 3 is 2.64 bits per heavy atom. The van der Waals surface area contributed by atoms with Gasteiger partial charge >= 0.3 is 0 Å². The van der Waals surface area contributed by atoms with Crippen LogP contribution in [0.3, 0.4) is 0 Å². The number of aliphatic hydroxyl groups excluding tert-OH is 1. The summed E-state index contributed by atoms with van der Waals surface area (Å²) in [5, 5.41) is 13.5. The Hall–Kier alpha value is -1.98. The summed E-state index contributed by atoms with van der Waals surface area (Å²) in [4.78, 5) is 0. The Balaban J connectivity index is 1.92. The highest BCUT2D eigenvalue weighted by Gasteiger charge is 2.15. The molecule has 22 heavy (non-hydrogen) atoms. The van der Waals surface area contributed by atoms with E-state index in [2.05, 4.69) is 5.32 Å². The first-order chi connectivity index (χ1) is 10.7.